The summed E-state index contributed by atoms with van der Waals surface area (Å²) >= 11 is 0. The molecule has 0 amide bonds. The van der Waals surface area contributed by atoms with Crippen LogP contribution in [0.4, 0.5) is 0 Å². The van der Waals surface area contributed by atoms with Crippen LogP contribution in [-0.2, 0) is 6.42 Å². The number of aryl methyl sites for hydroxylation is 2. The Balaban J connectivity index is 1.89. The van der Waals surface area contributed by atoms with Crippen molar-refractivity contribution >= 4 is 0 Å². The van der Waals surface area contributed by atoms with E-state index in [0.717, 1.165) is 12.5 Å². The van der Waals surface area contributed by atoms with E-state index < -0.39 is 0 Å². The van der Waals surface area contributed by atoms with Gasteiger partial charge < -0.3 is 5.32 Å². The molecule has 1 fully saturated rings. The highest BCUT2D eigenvalue weighted by molar-refractivity contribution is 5.29. The monoisotopic (exact) mass is 273 g/mol. The summed E-state index contributed by atoms with van der Waals surface area (Å²) in [5.41, 5.74) is 4.29. The number of nitrogens with one attached hydrogen (secondary N) is 1. The molecule has 20 heavy (non-hydrogen) atoms. The first-order chi connectivity index (χ1) is 9.67. The standard InChI is InChI=1S/C19H31N/c1-4-20-19(10-9-17-7-5-6-8-17)14-18-12-15(2)11-16(3)13-18/h11-13,17,19-20H,4-10,14H2,1-3H3. The van der Waals surface area contributed by atoms with Crippen molar-refractivity contribution in [1.82, 2.24) is 5.32 Å². The molecule has 1 nitrogen and oxygen atoms in total. The molecule has 1 saturated carbocycles. The van der Waals surface area contributed by atoms with Crippen LogP contribution in [0.25, 0.3) is 0 Å². The molecular weight excluding hydrogens is 242 g/mol. The fraction of sp³-hybridized carbons (Fsp3) is 0.684. The maximum atomic E-state index is 3.69. The van der Waals surface area contributed by atoms with Gasteiger partial charge in [0.1, 0.15) is 0 Å². The van der Waals surface area contributed by atoms with E-state index in [1.165, 1.54) is 61.6 Å². The summed E-state index contributed by atoms with van der Waals surface area (Å²) in [7, 11) is 0. The largest absolute Gasteiger partial charge is 0.314 e. The van der Waals surface area contributed by atoms with Gasteiger partial charge in [0.05, 0.1) is 0 Å². The van der Waals surface area contributed by atoms with Gasteiger partial charge in [0.15, 0.2) is 0 Å². The third kappa shape index (κ3) is 4.94. The molecule has 1 aromatic carbocycles. The lowest BCUT2D eigenvalue weighted by atomic mass is 9.94. The minimum absolute atomic E-state index is 0.654. The maximum absolute atomic E-state index is 3.69. The molecule has 2 rings (SSSR count). The van der Waals surface area contributed by atoms with Crippen LogP contribution in [0.1, 0.15) is 62.1 Å². The minimum atomic E-state index is 0.654. The second-order valence-electron chi connectivity index (χ2n) is 6.68. The molecule has 0 spiro atoms. The molecule has 1 heteroatoms. The smallest absolute Gasteiger partial charge is 0.0107 e. The van der Waals surface area contributed by atoms with Crippen LogP contribution in [-0.4, -0.2) is 12.6 Å². The lowest BCUT2D eigenvalue weighted by Crippen LogP contribution is -2.31. The molecule has 112 valence electrons. The van der Waals surface area contributed by atoms with E-state index >= 15 is 0 Å². The van der Waals surface area contributed by atoms with Crippen molar-refractivity contribution in [3.63, 3.8) is 0 Å². The van der Waals surface area contributed by atoms with Gasteiger partial charge in [-0.05, 0) is 51.1 Å². The van der Waals surface area contributed by atoms with Gasteiger partial charge in [-0.2, -0.15) is 0 Å². The molecule has 1 atom stereocenters. The molecule has 0 aromatic heterocycles. The molecule has 0 aliphatic heterocycles. The first-order valence-electron chi connectivity index (χ1n) is 8.48. The lowest BCUT2D eigenvalue weighted by molar-refractivity contribution is 0.407. The summed E-state index contributed by atoms with van der Waals surface area (Å²) in [4.78, 5) is 0. The second-order valence-corrected chi connectivity index (χ2v) is 6.68. The molecular formula is C19H31N. The highest BCUT2D eigenvalue weighted by Crippen LogP contribution is 2.29. The van der Waals surface area contributed by atoms with E-state index in [0.29, 0.717) is 6.04 Å². The number of rotatable bonds is 7. The van der Waals surface area contributed by atoms with E-state index in [4.69, 9.17) is 0 Å². The molecule has 0 heterocycles. The molecule has 1 N–H and O–H groups in total. The first kappa shape index (κ1) is 15.6. The summed E-state index contributed by atoms with van der Waals surface area (Å²) in [6.07, 6.45) is 9.82. The number of likely N-dealkylation sites (N-methyl/N-ethyl adjacent to an activating group) is 1. The van der Waals surface area contributed by atoms with E-state index in [2.05, 4.69) is 44.3 Å². The van der Waals surface area contributed by atoms with Crippen molar-refractivity contribution in [1.29, 1.82) is 0 Å². The fourth-order valence-electron chi connectivity index (χ4n) is 3.77. The van der Waals surface area contributed by atoms with Crippen molar-refractivity contribution in [2.45, 2.75) is 71.8 Å². The van der Waals surface area contributed by atoms with Crippen LogP contribution in [0.2, 0.25) is 0 Å². The molecule has 1 aliphatic rings. The second kappa shape index (κ2) is 7.83. The number of benzene rings is 1. The summed E-state index contributed by atoms with van der Waals surface area (Å²) in [5.74, 6) is 1.01. The van der Waals surface area contributed by atoms with E-state index in [1.54, 1.807) is 0 Å². The Morgan fingerprint density at radius 3 is 2.35 bits per heavy atom. The quantitative estimate of drug-likeness (QED) is 0.753. The maximum Gasteiger partial charge on any atom is 0.0107 e. The van der Waals surface area contributed by atoms with Gasteiger partial charge in [-0.15, -0.1) is 0 Å². The van der Waals surface area contributed by atoms with Gasteiger partial charge in [0.2, 0.25) is 0 Å². The van der Waals surface area contributed by atoms with E-state index in [9.17, 15) is 0 Å². The normalized spacial score (nSPS) is 17.6. The van der Waals surface area contributed by atoms with Gasteiger partial charge in [0, 0.05) is 6.04 Å². The Kier molecular flexibility index (Phi) is 6.09. The Morgan fingerprint density at radius 2 is 1.75 bits per heavy atom. The molecule has 0 bridgehead atoms. The number of hydrogen-bond donors (Lipinski definition) is 1. The highest BCUT2D eigenvalue weighted by Gasteiger charge is 2.17. The van der Waals surface area contributed by atoms with Crippen LogP contribution in [0.15, 0.2) is 18.2 Å². The van der Waals surface area contributed by atoms with Crippen LogP contribution in [0.5, 0.6) is 0 Å². The van der Waals surface area contributed by atoms with Gasteiger partial charge in [-0.3, -0.25) is 0 Å². The number of hydrogen-bond acceptors (Lipinski definition) is 1. The van der Waals surface area contributed by atoms with Gasteiger partial charge in [-0.25, -0.2) is 0 Å². The molecule has 1 aliphatic carbocycles. The third-order valence-corrected chi connectivity index (χ3v) is 4.65. The van der Waals surface area contributed by atoms with E-state index in [-0.39, 0.29) is 0 Å². The van der Waals surface area contributed by atoms with Crippen LogP contribution < -0.4 is 5.32 Å². The minimum Gasteiger partial charge on any atom is -0.314 e. The zero-order chi connectivity index (χ0) is 14.4. The molecule has 0 radical (unpaired) electrons. The van der Waals surface area contributed by atoms with Crippen molar-refractivity contribution in [2.75, 3.05) is 6.54 Å². The lowest BCUT2D eigenvalue weighted by Gasteiger charge is -2.20. The van der Waals surface area contributed by atoms with Crippen molar-refractivity contribution in [3.05, 3.63) is 34.9 Å². The van der Waals surface area contributed by atoms with Crippen LogP contribution in [0.3, 0.4) is 0 Å². The van der Waals surface area contributed by atoms with Gasteiger partial charge >= 0.3 is 0 Å². The Labute approximate surface area is 125 Å². The van der Waals surface area contributed by atoms with Crippen molar-refractivity contribution in [3.8, 4) is 0 Å². The van der Waals surface area contributed by atoms with Crippen LogP contribution in [0, 0.1) is 19.8 Å². The van der Waals surface area contributed by atoms with E-state index in [1.807, 2.05) is 0 Å². The van der Waals surface area contributed by atoms with Gasteiger partial charge in [-0.1, -0.05) is 61.9 Å². The average Bonchev–Trinajstić information content (AvgIpc) is 2.88. The van der Waals surface area contributed by atoms with Gasteiger partial charge in [0.25, 0.3) is 0 Å². The molecule has 0 saturated heterocycles. The summed E-state index contributed by atoms with van der Waals surface area (Å²) < 4.78 is 0. The third-order valence-electron chi connectivity index (χ3n) is 4.65. The summed E-state index contributed by atoms with van der Waals surface area (Å²) in [6, 6.07) is 7.63. The Hall–Kier alpha value is -0.820. The summed E-state index contributed by atoms with van der Waals surface area (Å²) in [6.45, 7) is 7.72. The molecule has 1 aromatic rings. The highest BCUT2D eigenvalue weighted by atomic mass is 14.9. The molecule has 1 unspecified atom stereocenters. The zero-order valence-electron chi connectivity index (χ0n) is 13.5. The zero-order valence-corrected chi connectivity index (χ0v) is 13.5. The Morgan fingerprint density at radius 1 is 1.10 bits per heavy atom. The summed E-state index contributed by atoms with van der Waals surface area (Å²) in [5, 5.41) is 3.69. The van der Waals surface area contributed by atoms with Crippen molar-refractivity contribution in [2.24, 2.45) is 5.92 Å². The van der Waals surface area contributed by atoms with Crippen molar-refractivity contribution < 1.29 is 0 Å². The predicted octanol–water partition coefficient (Wildman–Crippen LogP) is 4.79. The predicted molar refractivity (Wildman–Crippen MR) is 88.3 cm³/mol. The SMILES string of the molecule is CCNC(CCC1CCCC1)Cc1cc(C)cc(C)c1. The topological polar surface area (TPSA) is 12.0 Å². The first-order valence-corrected chi connectivity index (χ1v) is 8.48. The average molecular weight is 273 g/mol. The Bertz CT molecular complexity index is 384. The van der Waals surface area contributed by atoms with Crippen LogP contribution >= 0.6 is 0 Å². The fourth-order valence-corrected chi connectivity index (χ4v) is 3.77.